The molecule has 0 bridgehead atoms. The number of aliphatic hydroxyl groups excluding tert-OH is 3. The first-order valence-corrected chi connectivity index (χ1v) is 12.3. The molecule has 0 aromatic heterocycles. The second-order valence-electron chi connectivity index (χ2n) is 10.4. The predicted molar refractivity (Wildman–Crippen MR) is 126 cm³/mol. The number of hydrogen-bond donors (Lipinski definition) is 4. The fraction of sp³-hybridized carbons (Fsp3) is 0.769. The highest BCUT2D eigenvalue weighted by Gasteiger charge is 2.57. The van der Waals surface area contributed by atoms with Crippen LogP contribution < -0.4 is 0 Å². The van der Waals surface area contributed by atoms with E-state index in [1.165, 1.54) is 5.57 Å². The third kappa shape index (κ3) is 5.99. The molecule has 188 valence electrons. The minimum Gasteiger partial charge on any atom is -0.508 e. The molecular weight excluding hydrogens is 424 g/mol. The van der Waals surface area contributed by atoms with Gasteiger partial charge in [0.2, 0.25) is 0 Å². The van der Waals surface area contributed by atoms with Gasteiger partial charge in [-0.2, -0.15) is 0 Å². The van der Waals surface area contributed by atoms with E-state index in [0.29, 0.717) is 24.8 Å². The summed E-state index contributed by atoms with van der Waals surface area (Å²) in [6.07, 6.45) is 7.36. The van der Waals surface area contributed by atoms with Crippen molar-refractivity contribution < 1.29 is 34.8 Å². The summed E-state index contributed by atoms with van der Waals surface area (Å²) in [5, 5.41) is 38.5. The van der Waals surface area contributed by atoms with E-state index < -0.39 is 23.5 Å². The van der Waals surface area contributed by atoms with Crippen LogP contribution in [-0.4, -0.2) is 51.7 Å². The Morgan fingerprint density at radius 1 is 1.24 bits per heavy atom. The van der Waals surface area contributed by atoms with E-state index in [-0.39, 0.29) is 36.2 Å². The number of hydrogen-bond acceptors (Lipinski definition) is 6. The maximum atomic E-state index is 11.8. The van der Waals surface area contributed by atoms with Crippen molar-refractivity contribution >= 4 is 11.9 Å². The molecule has 0 unspecified atom stereocenters. The number of aliphatic hydroxyl groups is 3. The Morgan fingerprint density at radius 3 is 2.48 bits per heavy atom. The second-order valence-corrected chi connectivity index (χ2v) is 10.4. The molecule has 0 aromatic carbocycles. The largest absolute Gasteiger partial charge is 0.508 e. The van der Waals surface area contributed by atoms with E-state index in [2.05, 4.69) is 20.4 Å². The number of esters is 1. The summed E-state index contributed by atoms with van der Waals surface area (Å²) < 4.78 is 4.89. The summed E-state index contributed by atoms with van der Waals surface area (Å²) in [5.74, 6) is -0.633. The van der Waals surface area contributed by atoms with Crippen LogP contribution in [0.25, 0.3) is 0 Å². The van der Waals surface area contributed by atoms with E-state index in [0.717, 1.165) is 44.9 Å². The van der Waals surface area contributed by atoms with Gasteiger partial charge in [0.25, 0.3) is 0 Å². The Bertz CT molecular complexity index is 758. The van der Waals surface area contributed by atoms with Crippen molar-refractivity contribution in [2.24, 2.45) is 22.7 Å². The Kier molecular flexibility index (Phi) is 9.56. The number of cyclic esters (lactones) is 1. The van der Waals surface area contributed by atoms with Gasteiger partial charge in [0.05, 0.1) is 18.3 Å². The highest BCUT2D eigenvalue weighted by atomic mass is 16.5. The summed E-state index contributed by atoms with van der Waals surface area (Å²) in [5.41, 5.74) is 1.01. The minimum atomic E-state index is -0.682. The zero-order valence-corrected chi connectivity index (χ0v) is 20.4. The maximum absolute atomic E-state index is 11.8. The first kappa shape index (κ1) is 27.4. The molecule has 3 aliphatic rings. The molecule has 2 saturated carbocycles. The van der Waals surface area contributed by atoms with Crippen LogP contribution in [0.15, 0.2) is 23.5 Å². The van der Waals surface area contributed by atoms with Crippen LogP contribution in [0.5, 0.6) is 0 Å². The SMILES string of the molecule is C=C1CC[C@@H]2[C@](C)(CO)[C@H](O)CC[C@@]2(C)[C@@H]1CCC1=C(O)COC1=O.CCCCCC(=O)O. The van der Waals surface area contributed by atoms with Gasteiger partial charge >= 0.3 is 11.9 Å². The van der Waals surface area contributed by atoms with Crippen molar-refractivity contribution in [2.75, 3.05) is 13.2 Å². The summed E-state index contributed by atoms with van der Waals surface area (Å²) in [6, 6.07) is 0. The molecule has 33 heavy (non-hydrogen) atoms. The molecule has 0 amide bonds. The number of carbonyl (C=O) groups is 2. The van der Waals surface area contributed by atoms with E-state index in [9.17, 15) is 24.9 Å². The van der Waals surface area contributed by atoms with Gasteiger partial charge in [-0.25, -0.2) is 4.79 Å². The number of carboxylic acids is 1. The molecule has 2 aliphatic carbocycles. The fourth-order valence-electron chi connectivity index (χ4n) is 6.22. The molecule has 3 rings (SSSR count). The molecule has 0 aromatic rings. The van der Waals surface area contributed by atoms with Crippen LogP contribution in [0, 0.1) is 22.7 Å². The third-order valence-electron chi connectivity index (χ3n) is 8.31. The van der Waals surface area contributed by atoms with Gasteiger partial charge in [-0.05, 0) is 62.2 Å². The lowest BCUT2D eigenvalue weighted by Gasteiger charge is -2.60. The van der Waals surface area contributed by atoms with Gasteiger partial charge in [0.1, 0.15) is 12.4 Å². The molecule has 2 fully saturated rings. The van der Waals surface area contributed by atoms with Crippen LogP contribution >= 0.6 is 0 Å². The lowest BCUT2D eigenvalue weighted by Crippen LogP contribution is -2.57. The Balaban J connectivity index is 0.000000414. The molecular formula is C26H42O7. The smallest absolute Gasteiger partial charge is 0.337 e. The fourth-order valence-corrected chi connectivity index (χ4v) is 6.22. The van der Waals surface area contributed by atoms with Crippen LogP contribution in [-0.2, 0) is 14.3 Å². The van der Waals surface area contributed by atoms with E-state index >= 15 is 0 Å². The number of allylic oxidation sites excluding steroid dienone is 1. The average molecular weight is 467 g/mol. The molecule has 0 saturated heterocycles. The van der Waals surface area contributed by atoms with Crippen molar-refractivity contribution in [3.8, 4) is 0 Å². The lowest BCUT2D eigenvalue weighted by atomic mass is 9.46. The Labute approximate surface area is 197 Å². The predicted octanol–water partition coefficient (Wildman–Crippen LogP) is 4.53. The number of fused-ring (bicyclic) bond motifs is 1. The van der Waals surface area contributed by atoms with Crippen LogP contribution in [0.3, 0.4) is 0 Å². The molecule has 7 heteroatoms. The normalized spacial score (nSPS) is 33.8. The van der Waals surface area contributed by atoms with Crippen LogP contribution in [0.4, 0.5) is 0 Å². The molecule has 7 nitrogen and oxygen atoms in total. The van der Waals surface area contributed by atoms with E-state index in [1.807, 2.05) is 6.92 Å². The molecule has 4 N–H and O–H groups in total. The number of unbranched alkanes of at least 4 members (excludes halogenated alkanes) is 2. The van der Waals surface area contributed by atoms with Crippen molar-refractivity contribution in [1.82, 2.24) is 0 Å². The van der Waals surface area contributed by atoms with E-state index in [4.69, 9.17) is 9.84 Å². The van der Waals surface area contributed by atoms with Crippen molar-refractivity contribution in [3.05, 3.63) is 23.5 Å². The average Bonchev–Trinajstić information content (AvgIpc) is 3.08. The van der Waals surface area contributed by atoms with Crippen molar-refractivity contribution in [2.45, 2.75) is 91.1 Å². The summed E-state index contributed by atoms with van der Waals surface area (Å²) in [7, 11) is 0. The number of ether oxygens (including phenoxy) is 1. The quantitative estimate of drug-likeness (QED) is 0.235. The highest BCUT2D eigenvalue weighted by molar-refractivity contribution is 5.91. The molecule has 0 spiro atoms. The van der Waals surface area contributed by atoms with Gasteiger partial charge in [-0.3, -0.25) is 4.79 Å². The summed E-state index contributed by atoms with van der Waals surface area (Å²) in [4.78, 5) is 21.6. The molecule has 0 radical (unpaired) electrons. The minimum absolute atomic E-state index is 0.0194. The monoisotopic (exact) mass is 466 g/mol. The maximum Gasteiger partial charge on any atom is 0.337 e. The Morgan fingerprint density at radius 2 is 1.94 bits per heavy atom. The van der Waals surface area contributed by atoms with Gasteiger partial charge in [-0.1, -0.05) is 45.8 Å². The van der Waals surface area contributed by atoms with Crippen LogP contribution in [0.2, 0.25) is 0 Å². The zero-order chi connectivity index (χ0) is 24.8. The number of rotatable bonds is 8. The van der Waals surface area contributed by atoms with Crippen molar-refractivity contribution in [1.29, 1.82) is 0 Å². The Hall–Kier alpha value is -1.86. The molecule has 1 aliphatic heterocycles. The third-order valence-corrected chi connectivity index (χ3v) is 8.31. The first-order valence-electron chi connectivity index (χ1n) is 12.3. The lowest BCUT2D eigenvalue weighted by molar-refractivity contribution is -0.152. The first-order chi connectivity index (χ1) is 15.5. The standard InChI is InChI=1S/C20H30O5.C6H12O2/c1-12-4-7-16-19(2,9-8-17(23)20(16,3)11-21)14(12)6-5-13-15(22)10-25-18(13)24;1-2-3-4-5-6(7)8/h14,16-17,21-23H,1,4-11H2,2-3H3;2-5H2,1H3,(H,7,8)/t14-,16+,17-,19+,20+;/m1./s1. The summed E-state index contributed by atoms with van der Waals surface area (Å²) in [6.45, 7) is 10.5. The van der Waals surface area contributed by atoms with Gasteiger partial charge < -0.3 is 25.2 Å². The van der Waals surface area contributed by atoms with E-state index in [1.54, 1.807) is 0 Å². The number of aliphatic carboxylic acids is 1. The zero-order valence-electron chi connectivity index (χ0n) is 20.4. The second kappa shape index (κ2) is 11.5. The highest BCUT2D eigenvalue weighted by Crippen LogP contribution is 2.61. The van der Waals surface area contributed by atoms with Gasteiger partial charge in [0.15, 0.2) is 0 Å². The number of carbonyl (C=O) groups excluding carboxylic acids is 1. The van der Waals surface area contributed by atoms with Gasteiger partial charge in [-0.15, -0.1) is 0 Å². The topological polar surface area (TPSA) is 124 Å². The number of carboxylic acid groups (broad SMARTS) is 1. The molecule has 1 heterocycles. The van der Waals surface area contributed by atoms with Crippen molar-refractivity contribution in [3.63, 3.8) is 0 Å². The summed E-state index contributed by atoms with van der Waals surface area (Å²) >= 11 is 0. The van der Waals surface area contributed by atoms with Crippen LogP contribution in [0.1, 0.15) is 85.0 Å². The van der Waals surface area contributed by atoms with Gasteiger partial charge in [0, 0.05) is 11.8 Å². The molecule has 5 atom stereocenters.